The van der Waals surface area contributed by atoms with Crippen molar-refractivity contribution in [3.8, 4) is 22.8 Å². The second-order valence-electron chi connectivity index (χ2n) is 6.85. The van der Waals surface area contributed by atoms with Crippen molar-refractivity contribution in [1.29, 1.82) is 0 Å². The van der Waals surface area contributed by atoms with Crippen molar-refractivity contribution in [3.05, 3.63) is 62.6 Å². The van der Waals surface area contributed by atoms with Crippen molar-refractivity contribution in [2.45, 2.75) is 17.9 Å². The van der Waals surface area contributed by atoms with Crippen LogP contribution in [0.15, 0.2) is 51.0 Å². The Balaban J connectivity index is 1.79. The maximum atomic E-state index is 13.3. The fourth-order valence-electron chi connectivity index (χ4n) is 2.98. The average molecular weight is 532 g/mol. The van der Waals surface area contributed by atoms with Crippen LogP contribution >= 0.6 is 15.9 Å². The summed E-state index contributed by atoms with van der Waals surface area (Å²) in [6.07, 6.45) is -2.87. The van der Waals surface area contributed by atoms with Crippen molar-refractivity contribution in [2.24, 2.45) is 0 Å². The average Bonchev–Trinajstić information content (AvgIpc) is 3.19. The van der Waals surface area contributed by atoms with Gasteiger partial charge in [-0.1, -0.05) is 6.07 Å². The van der Waals surface area contributed by atoms with Gasteiger partial charge < -0.3 is 14.0 Å². The molecule has 0 saturated carbocycles. The predicted octanol–water partition coefficient (Wildman–Crippen LogP) is 3.27. The molecule has 0 amide bonds. The van der Waals surface area contributed by atoms with E-state index in [0.29, 0.717) is 33.9 Å². The van der Waals surface area contributed by atoms with E-state index >= 15 is 0 Å². The van der Waals surface area contributed by atoms with Crippen LogP contribution in [-0.4, -0.2) is 36.0 Å². The smallest absolute Gasteiger partial charge is 0.433 e. The molecule has 0 fully saturated rings. The number of sulfone groups is 1. The highest BCUT2D eigenvalue weighted by atomic mass is 79.9. The molecule has 3 heterocycles. The third-order valence-corrected chi connectivity index (χ3v) is 6.22. The van der Waals surface area contributed by atoms with E-state index in [1.807, 2.05) is 0 Å². The van der Waals surface area contributed by atoms with Gasteiger partial charge in [-0.2, -0.15) is 13.2 Å². The van der Waals surface area contributed by atoms with Crippen LogP contribution in [-0.2, 0) is 22.6 Å². The van der Waals surface area contributed by atoms with Gasteiger partial charge in [0, 0.05) is 24.1 Å². The van der Waals surface area contributed by atoms with E-state index in [0.717, 1.165) is 6.07 Å². The Hall–Kier alpha value is -2.93. The maximum Gasteiger partial charge on any atom is 0.433 e. The lowest BCUT2D eigenvalue weighted by Crippen LogP contribution is -2.20. The van der Waals surface area contributed by atoms with Gasteiger partial charge in [0.05, 0.1) is 16.7 Å². The van der Waals surface area contributed by atoms with Crippen molar-refractivity contribution in [3.63, 3.8) is 0 Å². The van der Waals surface area contributed by atoms with Gasteiger partial charge in [-0.25, -0.2) is 18.4 Å². The van der Waals surface area contributed by atoms with Crippen LogP contribution in [0.4, 0.5) is 13.2 Å². The molecule has 8 nitrogen and oxygen atoms in total. The Morgan fingerprint density at radius 3 is 2.59 bits per heavy atom. The van der Waals surface area contributed by atoms with Gasteiger partial charge in [0.1, 0.15) is 5.69 Å². The van der Waals surface area contributed by atoms with Crippen molar-refractivity contribution < 1.29 is 31.1 Å². The number of benzene rings is 1. The summed E-state index contributed by atoms with van der Waals surface area (Å²) in [6, 6.07) is 6.45. The molecule has 13 heteroatoms. The summed E-state index contributed by atoms with van der Waals surface area (Å²) in [6.45, 7) is 0.116. The first-order chi connectivity index (χ1) is 14.9. The van der Waals surface area contributed by atoms with E-state index in [9.17, 15) is 26.4 Å². The molecule has 1 aliphatic rings. The number of pyridine rings is 1. The summed E-state index contributed by atoms with van der Waals surface area (Å²) in [4.78, 5) is 19.3. The SMILES string of the molecule is CS(=O)(=O)c1nc(-c2ccc(=O)n(Cc3ccc4c(c3Br)OCO4)c2)cc(C(F)(F)F)n1. The zero-order chi connectivity index (χ0) is 23.3. The van der Waals surface area contributed by atoms with Gasteiger partial charge in [-0.05, 0) is 39.7 Å². The Labute approximate surface area is 187 Å². The zero-order valence-electron chi connectivity index (χ0n) is 16.2. The normalized spacial score (nSPS) is 13.4. The molecule has 1 aromatic carbocycles. The van der Waals surface area contributed by atoms with Crippen LogP contribution in [0.5, 0.6) is 11.5 Å². The first-order valence-electron chi connectivity index (χ1n) is 8.87. The van der Waals surface area contributed by atoms with Crippen LogP contribution in [0.2, 0.25) is 0 Å². The fraction of sp³-hybridized carbons (Fsp3) is 0.211. The number of hydrogen-bond donors (Lipinski definition) is 0. The molecular formula is C19H13BrF3N3O5S. The summed E-state index contributed by atoms with van der Waals surface area (Å²) in [5.74, 6) is 1.02. The fourth-order valence-corrected chi connectivity index (χ4v) is 4.07. The molecule has 0 bridgehead atoms. The molecule has 4 rings (SSSR count). The van der Waals surface area contributed by atoms with E-state index < -0.39 is 32.4 Å². The summed E-state index contributed by atoms with van der Waals surface area (Å²) in [7, 11) is -4.12. The third-order valence-electron chi connectivity index (χ3n) is 4.51. The molecule has 32 heavy (non-hydrogen) atoms. The molecule has 0 spiro atoms. The van der Waals surface area contributed by atoms with E-state index in [1.54, 1.807) is 12.1 Å². The highest BCUT2D eigenvalue weighted by Crippen LogP contribution is 2.41. The van der Waals surface area contributed by atoms with Crippen LogP contribution < -0.4 is 15.0 Å². The summed E-state index contributed by atoms with van der Waals surface area (Å²) < 4.78 is 75.9. The summed E-state index contributed by atoms with van der Waals surface area (Å²) in [5, 5.41) is -0.960. The number of halogens is 4. The molecule has 168 valence electrons. The van der Waals surface area contributed by atoms with E-state index in [-0.39, 0.29) is 24.6 Å². The van der Waals surface area contributed by atoms with Gasteiger partial charge in [0.2, 0.25) is 21.8 Å². The van der Waals surface area contributed by atoms with Crippen LogP contribution in [0.3, 0.4) is 0 Å². The quantitative estimate of drug-likeness (QED) is 0.476. The molecule has 1 aliphatic heterocycles. The van der Waals surface area contributed by atoms with Gasteiger partial charge in [-0.3, -0.25) is 4.79 Å². The van der Waals surface area contributed by atoms with Crippen molar-refractivity contribution in [1.82, 2.24) is 14.5 Å². The largest absolute Gasteiger partial charge is 0.454 e. The number of aromatic nitrogens is 3. The molecule has 3 aromatic rings. The lowest BCUT2D eigenvalue weighted by molar-refractivity contribution is -0.141. The zero-order valence-corrected chi connectivity index (χ0v) is 18.6. The Morgan fingerprint density at radius 2 is 1.91 bits per heavy atom. The first kappa shape index (κ1) is 22.3. The number of alkyl halides is 3. The lowest BCUT2D eigenvalue weighted by atomic mass is 10.1. The molecule has 0 saturated heterocycles. The van der Waals surface area contributed by atoms with Gasteiger partial charge in [-0.15, -0.1) is 0 Å². The van der Waals surface area contributed by atoms with Gasteiger partial charge in [0.15, 0.2) is 11.5 Å². The van der Waals surface area contributed by atoms with Gasteiger partial charge >= 0.3 is 6.18 Å². The topological polar surface area (TPSA) is 100 Å². The summed E-state index contributed by atoms with van der Waals surface area (Å²) >= 11 is 3.41. The number of hydrogen-bond acceptors (Lipinski definition) is 7. The first-order valence-corrected chi connectivity index (χ1v) is 11.6. The molecule has 0 unspecified atom stereocenters. The number of nitrogens with zero attached hydrogens (tertiary/aromatic N) is 3. The highest BCUT2D eigenvalue weighted by Gasteiger charge is 2.35. The number of ether oxygens (including phenoxy) is 2. The highest BCUT2D eigenvalue weighted by molar-refractivity contribution is 9.10. The van der Waals surface area contributed by atoms with Gasteiger partial charge in [0.25, 0.3) is 5.56 Å². The molecule has 0 atom stereocenters. The van der Waals surface area contributed by atoms with E-state index in [1.165, 1.54) is 16.8 Å². The van der Waals surface area contributed by atoms with Crippen LogP contribution in [0.25, 0.3) is 11.3 Å². The van der Waals surface area contributed by atoms with Crippen LogP contribution in [0.1, 0.15) is 11.3 Å². The molecule has 0 radical (unpaired) electrons. The number of fused-ring (bicyclic) bond motifs is 1. The minimum atomic E-state index is -4.89. The standard InChI is InChI=1S/C19H13BrF3N3O5S/c1-32(28,29)18-24-12(6-14(25-18)19(21,22)23)10-3-5-15(27)26(7-10)8-11-2-4-13-17(16(11)20)31-9-30-13/h2-7H,8-9H2,1H3. The molecule has 0 aliphatic carbocycles. The van der Waals surface area contributed by atoms with E-state index in [4.69, 9.17) is 9.47 Å². The van der Waals surface area contributed by atoms with E-state index in [2.05, 4.69) is 25.9 Å². The maximum absolute atomic E-state index is 13.3. The van der Waals surface area contributed by atoms with Crippen molar-refractivity contribution >= 4 is 25.8 Å². The Morgan fingerprint density at radius 1 is 1.16 bits per heavy atom. The lowest BCUT2D eigenvalue weighted by Gasteiger charge is -2.13. The molecule has 0 N–H and O–H groups in total. The van der Waals surface area contributed by atoms with Crippen LogP contribution in [0, 0.1) is 0 Å². The van der Waals surface area contributed by atoms with Crippen molar-refractivity contribution in [2.75, 3.05) is 13.0 Å². The number of rotatable bonds is 4. The monoisotopic (exact) mass is 531 g/mol. The summed E-state index contributed by atoms with van der Waals surface area (Å²) in [5.41, 5.74) is -1.35. The third kappa shape index (κ3) is 4.35. The minimum absolute atomic E-state index is 0.0556. The minimum Gasteiger partial charge on any atom is -0.454 e. The predicted molar refractivity (Wildman–Crippen MR) is 109 cm³/mol. The second kappa shape index (κ2) is 7.89. The molecular weight excluding hydrogens is 519 g/mol. The molecule has 2 aromatic heterocycles. The second-order valence-corrected chi connectivity index (χ2v) is 9.55. The Bertz CT molecular complexity index is 1390. The Kier molecular flexibility index (Phi) is 5.49.